The van der Waals surface area contributed by atoms with Crippen LogP contribution < -0.4 is 14.8 Å². The molecule has 0 bridgehead atoms. The molecular formula is C21H21N3O5S. The molecule has 0 atom stereocenters. The Morgan fingerprint density at radius 3 is 2.73 bits per heavy atom. The van der Waals surface area contributed by atoms with E-state index in [9.17, 15) is 14.9 Å². The lowest BCUT2D eigenvalue weighted by molar-refractivity contribution is -0.385. The van der Waals surface area contributed by atoms with Crippen LogP contribution in [0, 0.1) is 17.0 Å². The van der Waals surface area contributed by atoms with Crippen molar-refractivity contribution in [3.63, 3.8) is 0 Å². The fourth-order valence-corrected chi connectivity index (χ4v) is 3.45. The third-order valence-electron chi connectivity index (χ3n) is 4.52. The third kappa shape index (κ3) is 5.12. The van der Waals surface area contributed by atoms with E-state index in [0.29, 0.717) is 18.7 Å². The van der Waals surface area contributed by atoms with E-state index in [1.165, 1.54) is 30.6 Å². The third-order valence-corrected chi connectivity index (χ3v) is 5.16. The van der Waals surface area contributed by atoms with Gasteiger partial charge in [0.15, 0.2) is 11.5 Å². The van der Waals surface area contributed by atoms with Crippen LogP contribution in [0.5, 0.6) is 11.5 Å². The lowest BCUT2D eigenvalue weighted by atomic mass is 10.1. The predicted molar refractivity (Wildman–Crippen MR) is 113 cm³/mol. The molecule has 156 valence electrons. The van der Waals surface area contributed by atoms with E-state index in [4.69, 9.17) is 9.47 Å². The lowest BCUT2D eigenvalue weighted by Crippen LogP contribution is -2.26. The average molecular weight is 427 g/mol. The molecule has 0 radical (unpaired) electrons. The van der Waals surface area contributed by atoms with E-state index in [-0.39, 0.29) is 29.4 Å². The maximum absolute atomic E-state index is 12.6. The Morgan fingerprint density at radius 1 is 1.27 bits per heavy atom. The first-order valence-electron chi connectivity index (χ1n) is 9.18. The SMILES string of the molecule is COc1cc(C(=O)NCCc2ccccc2C)c([N+](=O)[O-])cc1OCc1cscn1. The van der Waals surface area contributed by atoms with Gasteiger partial charge in [-0.15, -0.1) is 11.3 Å². The number of carbonyl (C=O) groups is 1. The van der Waals surface area contributed by atoms with Gasteiger partial charge in [-0.3, -0.25) is 14.9 Å². The van der Waals surface area contributed by atoms with Crippen molar-refractivity contribution in [2.75, 3.05) is 13.7 Å². The number of amides is 1. The number of aryl methyl sites for hydroxylation is 1. The van der Waals surface area contributed by atoms with Crippen LogP contribution in [0.4, 0.5) is 5.69 Å². The van der Waals surface area contributed by atoms with Gasteiger partial charge < -0.3 is 14.8 Å². The first kappa shape index (κ1) is 21.3. The van der Waals surface area contributed by atoms with E-state index in [0.717, 1.165) is 11.1 Å². The molecule has 3 rings (SSSR count). The van der Waals surface area contributed by atoms with Crippen LogP contribution >= 0.6 is 11.3 Å². The number of methoxy groups -OCH3 is 1. The number of thiazole rings is 1. The Balaban J connectivity index is 1.76. The number of carbonyl (C=O) groups excluding carboxylic acids is 1. The molecule has 30 heavy (non-hydrogen) atoms. The molecule has 1 heterocycles. The minimum absolute atomic E-state index is 0.0809. The molecular weight excluding hydrogens is 406 g/mol. The maximum atomic E-state index is 12.6. The van der Waals surface area contributed by atoms with E-state index in [2.05, 4.69) is 10.3 Å². The van der Waals surface area contributed by atoms with Crippen molar-refractivity contribution < 1.29 is 19.2 Å². The smallest absolute Gasteiger partial charge is 0.286 e. The standard InChI is InChI=1S/C21H21N3O5S/c1-14-5-3-4-6-15(14)7-8-22-21(25)17-9-19(28-2)20(10-18(17)24(26)27)29-11-16-12-30-13-23-16/h3-6,9-10,12-13H,7-8,11H2,1-2H3,(H,22,25). The molecule has 0 aliphatic rings. The van der Waals surface area contributed by atoms with E-state index in [1.54, 1.807) is 5.51 Å². The van der Waals surface area contributed by atoms with Crippen molar-refractivity contribution >= 4 is 22.9 Å². The van der Waals surface area contributed by atoms with Crippen molar-refractivity contribution in [1.82, 2.24) is 10.3 Å². The van der Waals surface area contributed by atoms with Crippen molar-refractivity contribution in [3.05, 3.63) is 79.8 Å². The van der Waals surface area contributed by atoms with Crippen LogP contribution in [0.25, 0.3) is 0 Å². The second-order valence-corrected chi connectivity index (χ2v) is 7.20. The molecule has 8 nitrogen and oxygen atoms in total. The van der Waals surface area contributed by atoms with Crippen LogP contribution in [0.1, 0.15) is 27.2 Å². The minimum Gasteiger partial charge on any atom is -0.493 e. The lowest BCUT2D eigenvalue weighted by Gasteiger charge is -2.13. The predicted octanol–water partition coefficient (Wildman–Crippen LogP) is 3.92. The van der Waals surface area contributed by atoms with Crippen LogP contribution in [-0.4, -0.2) is 29.5 Å². The fraction of sp³-hybridized carbons (Fsp3) is 0.238. The number of rotatable bonds is 9. The Labute approximate surface area is 177 Å². The molecule has 0 saturated heterocycles. The zero-order chi connectivity index (χ0) is 21.5. The van der Waals surface area contributed by atoms with Crippen LogP contribution in [0.15, 0.2) is 47.3 Å². The summed E-state index contributed by atoms with van der Waals surface area (Å²) in [6.07, 6.45) is 0.623. The minimum atomic E-state index is -0.606. The van der Waals surface area contributed by atoms with Gasteiger partial charge in [0.1, 0.15) is 12.2 Å². The van der Waals surface area contributed by atoms with Gasteiger partial charge in [0.25, 0.3) is 11.6 Å². The number of nitrogens with zero attached hydrogens (tertiary/aromatic N) is 2. The van der Waals surface area contributed by atoms with Gasteiger partial charge in [-0.05, 0) is 24.5 Å². The van der Waals surface area contributed by atoms with Crippen molar-refractivity contribution in [2.24, 2.45) is 0 Å². The first-order chi connectivity index (χ1) is 14.5. The zero-order valence-corrected chi connectivity index (χ0v) is 17.4. The number of nitrogens with one attached hydrogen (secondary N) is 1. The summed E-state index contributed by atoms with van der Waals surface area (Å²) in [6.45, 7) is 2.49. The second-order valence-electron chi connectivity index (χ2n) is 6.48. The summed E-state index contributed by atoms with van der Waals surface area (Å²) in [4.78, 5) is 27.7. The molecule has 0 fully saturated rings. The van der Waals surface area contributed by atoms with Gasteiger partial charge in [0.05, 0.1) is 29.3 Å². The highest BCUT2D eigenvalue weighted by atomic mass is 32.1. The molecule has 0 aliphatic carbocycles. The van der Waals surface area contributed by atoms with Crippen molar-refractivity contribution in [1.29, 1.82) is 0 Å². The topological polar surface area (TPSA) is 104 Å². The molecule has 1 aromatic heterocycles. The van der Waals surface area contributed by atoms with Crippen LogP contribution in [0.3, 0.4) is 0 Å². The van der Waals surface area contributed by atoms with Crippen molar-refractivity contribution in [2.45, 2.75) is 20.0 Å². The number of hydrogen-bond donors (Lipinski definition) is 1. The fourth-order valence-electron chi connectivity index (χ4n) is 2.91. The van der Waals surface area contributed by atoms with Gasteiger partial charge in [0, 0.05) is 18.0 Å². The first-order valence-corrected chi connectivity index (χ1v) is 10.1. The van der Waals surface area contributed by atoms with Gasteiger partial charge in [-0.1, -0.05) is 24.3 Å². The average Bonchev–Trinajstić information content (AvgIpc) is 3.26. The number of hydrogen-bond acceptors (Lipinski definition) is 7. The number of nitro benzene ring substituents is 1. The van der Waals surface area contributed by atoms with E-state index >= 15 is 0 Å². The van der Waals surface area contributed by atoms with E-state index in [1.807, 2.05) is 36.6 Å². The zero-order valence-electron chi connectivity index (χ0n) is 16.6. The van der Waals surface area contributed by atoms with Crippen LogP contribution in [0.2, 0.25) is 0 Å². The summed E-state index contributed by atoms with van der Waals surface area (Å²) in [7, 11) is 1.41. The Kier molecular flexibility index (Phi) is 6.97. The molecule has 0 unspecified atom stereocenters. The molecule has 0 saturated carbocycles. The van der Waals surface area contributed by atoms with Crippen LogP contribution in [-0.2, 0) is 13.0 Å². The Morgan fingerprint density at radius 2 is 2.07 bits per heavy atom. The molecule has 2 aromatic carbocycles. The summed E-state index contributed by atoms with van der Waals surface area (Å²) >= 11 is 1.42. The number of nitro groups is 1. The largest absolute Gasteiger partial charge is 0.493 e. The molecule has 1 amide bonds. The monoisotopic (exact) mass is 427 g/mol. The highest BCUT2D eigenvalue weighted by Gasteiger charge is 2.24. The molecule has 1 N–H and O–H groups in total. The number of aromatic nitrogens is 1. The molecule has 9 heteroatoms. The molecule has 0 aliphatic heterocycles. The molecule has 0 spiro atoms. The summed E-state index contributed by atoms with van der Waals surface area (Å²) in [5.41, 5.74) is 4.17. The number of ether oxygens (including phenoxy) is 2. The maximum Gasteiger partial charge on any atom is 0.286 e. The van der Waals surface area contributed by atoms with Gasteiger partial charge in [-0.25, -0.2) is 4.98 Å². The summed E-state index contributed by atoms with van der Waals surface area (Å²) in [5.74, 6) is -0.131. The van der Waals surface area contributed by atoms with Gasteiger partial charge in [-0.2, -0.15) is 0 Å². The Bertz CT molecular complexity index is 1040. The highest BCUT2D eigenvalue weighted by Crippen LogP contribution is 2.35. The van der Waals surface area contributed by atoms with Gasteiger partial charge >= 0.3 is 0 Å². The van der Waals surface area contributed by atoms with Crippen molar-refractivity contribution in [3.8, 4) is 11.5 Å². The number of benzene rings is 2. The second kappa shape index (κ2) is 9.84. The van der Waals surface area contributed by atoms with E-state index < -0.39 is 10.8 Å². The normalized spacial score (nSPS) is 10.5. The molecule has 3 aromatic rings. The summed E-state index contributed by atoms with van der Waals surface area (Å²) in [5, 5.41) is 16.1. The summed E-state index contributed by atoms with van der Waals surface area (Å²) in [6, 6.07) is 10.4. The quantitative estimate of drug-likeness (QED) is 0.410. The van der Waals surface area contributed by atoms with Gasteiger partial charge in [0.2, 0.25) is 0 Å². The highest BCUT2D eigenvalue weighted by molar-refractivity contribution is 7.07. The Hall–Kier alpha value is -3.46. The summed E-state index contributed by atoms with van der Waals surface area (Å²) < 4.78 is 10.9.